The molecular formula is C16H22N4O2S2. The number of aromatic nitrogens is 3. The van der Waals surface area contributed by atoms with E-state index >= 15 is 0 Å². The molecule has 3 unspecified atom stereocenters. The van der Waals surface area contributed by atoms with Crippen molar-refractivity contribution in [2.24, 2.45) is 5.41 Å². The number of rotatable bonds is 5. The van der Waals surface area contributed by atoms with Crippen molar-refractivity contribution in [2.75, 3.05) is 6.61 Å². The number of aliphatic hydroxyl groups excluding tert-OH is 1. The first-order valence-corrected chi connectivity index (χ1v) is 9.37. The van der Waals surface area contributed by atoms with Gasteiger partial charge >= 0.3 is 0 Å². The summed E-state index contributed by atoms with van der Waals surface area (Å²) in [6.45, 7) is 3.93. The van der Waals surface area contributed by atoms with E-state index in [1.54, 1.807) is 15.9 Å². The van der Waals surface area contributed by atoms with Gasteiger partial charge in [0.05, 0.1) is 11.5 Å². The van der Waals surface area contributed by atoms with Crippen molar-refractivity contribution in [3.05, 3.63) is 22.3 Å². The van der Waals surface area contributed by atoms with E-state index in [4.69, 9.17) is 12.2 Å². The number of thiophene rings is 1. The topological polar surface area (TPSA) is 82.9 Å². The standard InChI is InChI=1S/C16H22N4O2S2/c1-10(14(22)17-12-6-3-7-16(12,2)9-21)20-13(18-19-15(20)23)11-5-4-8-24-11/h4-5,8,10,12,21H,3,6-7,9H2,1-2H3,(H,17,22)(H,19,23). The van der Waals surface area contributed by atoms with Crippen LogP contribution in [0.5, 0.6) is 0 Å². The van der Waals surface area contributed by atoms with E-state index in [1.807, 2.05) is 31.4 Å². The zero-order valence-corrected chi connectivity index (χ0v) is 15.4. The van der Waals surface area contributed by atoms with Gasteiger partial charge in [0.1, 0.15) is 6.04 Å². The highest BCUT2D eigenvalue weighted by Gasteiger charge is 2.39. The van der Waals surface area contributed by atoms with Gasteiger partial charge in [-0.3, -0.25) is 14.5 Å². The number of aromatic amines is 1. The van der Waals surface area contributed by atoms with Gasteiger partial charge in [-0.15, -0.1) is 11.3 Å². The lowest BCUT2D eigenvalue weighted by Crippen LogP contribution is -2.46. The maximum Gasteiger partial charge on any atom is 0.243 e. The van der Waals surface area contributed by atoms with Crippen molar-refractivity contribution in [3.8, 4) is 10.7 Å². The fourth-order valence-corrected chi connectivity index (χ4v) is 4.32. The minimum Gasteiger partial charge on any atom is -0.396 e. The van der Waals surface area contributed by atoms with Crippen LogP contribution in [0, 0.1) is 10.2 Å². The van der Waals surface area contributed by atoms with Crippen molar-refractivity contribution < 1.29 is 9.90 Å². The molecule has 0 radical (unpaired) electrons. The van der Waals surface area contributed by atoms with Gasteiger partial charge in [-0.1, -0.05) is 19.4 Å². The minimum absolute atomic E-state index is 0.0105. The molecule has 0 bridgehead atoms. The third-order valence-corrected chi connectivity index (χ3v) is 6.13. The second-order valence-electron chi connectivity index (χ2n) is 6.64. The Kier molecular flexibility index (Phi) is 4.89. The van der Waals surface area contributed by atoms with Gasteiger partial charge in [0, 0.05) is 11.5 Å². The van der Waals surface area contributed by atoms with Crippen LogP contribution in [0.25, 0.3) is 10.7 Å². The van der Waals surface area contributed by atoms with Crippen molar-refractivity contribution in [1.82, 2.24) is 20.1 Å². The predicted molar refractivity (Wildman–Crippen MR) is 96.4 cm³/mol. The van der Waals surface area contributed by atoms with Gasteiger partial charge in [-0.05, 0) is 43.4 Å². The summed E-state index contributed by atoms with van der Waals surface area (Å²) in [5.74, 6) is 0.575. The zero-order chi connectivity index (χ0) is 17.3. The zero-order valence-electron chi connectivity index (χ0n) is 13.8. The maximum atomic E-state index is 12.8. The lowest BCUT2D eigenvalue weighted by atomic mass is 9.85. The first-order chi connectivity index (χ1) is 11.5. The molecule has 1 aliphatic carbocycles. The lowest BCUT2D eigenvalue weighted by molar-refractivity contribution is -0.125. The molecule has 1 amide bonds. The van der Waals surface area contributed by atoms with Crippen molar-refractivity contribution >= 4 is 29.5 Å². The summed E-state index contributed by atoms with van der Waals surface area (Å²) in [5.41, 5.74) is -0.246. The smallest absolute Gasteiger partial charge is 0.243 e. The molecule has 0 saturated heterocycles. The van der Waals surface area contributed by atoms with Gasteiger partial charge < -0.3 is 10.4 Å². The summed E-state index contributed by atoms with van der Waals surface area (Å²) in [6, 6.07) is 3.41. The molecular weight excluding hydrogens is 344 g/mol. The Morgan fingerprint density at radius 3 is 3.17 bits per heavy atom. The number of aliphatic hydroxyl groups is 1. The molecule has 130 valence electrons. The Balaban J connectivity index is 1.82. The van der Waals surface area contributed by atoms with Gasteiger partial charge in [-0.25, -0.2) is 0 Å². The summed E-state index contributed by atoms with van der Waals surface area (Å²) in [7, 11) is 0. The second kappa shape index (κ2) is 6.78. The highest BCUT2D eigenvalue weighted by Crippen LogP contribution is 2.37. The van der Waals surface area contributed by atoms with Crippen LogP contribution in [0.1, 0.15) is 39.2 Å². The van der Waals surface area contributed by atoms with E-state index in [1.165, 1.54) is 0 Å². The SMILES string of the molecule is CC(C(=O)NC1CCCC1(C)CO)n1c(-c2cccs2)n[nH]c1=S. The van der Waals surface area contributed by atoms with E-state index in [0.29, 0.717) is 10.6 Å². The summed E-state index contributed by atoms with van der Waals surface area (Å²) in [5, 5.41) is 21.8. The summed E-state index contributed by atoms with van der Waals surface area (Å²) < 4.78 is 2.18. The Bertz CT molecular complexity index is 767. The van der Waals surface area contributed by atoms with Crippen LogP contribution < -0.4 is 5.32 Å². The van der Waals surface area contributed by atoms with Crippen LogP contribution >= 0.6 is 23.6 Å². The number of hydrogen-bond donors (Lipinski definition) is 3. The molecule has 1 fully saturated rings. The van der Waals surface area contributed by atoms with Crippen LogP contribution in [0.4, 0.5) is 0 Å². The van der Waals surface area contributed by atoms with E-state index < -0.39 is 6.04 Å². The van der Waals surface area contributed by atoms with Crippen LogP contribution in [-0.2, 0) is 4.79 Å². The molecule has 24 heavy (non-hydrogen) atoms. The number of nitrogens with zero attached hydrogens (tertiary/aromatic N) is 2. The number of carbonyl (C=O) groups is 1. The van der Waals surface area contributed by atoms with Crippen LogP contribution in [0.15, 0.2) is 17.5 Å². The number of hydrogen-bond acceptors (Lipinski definition) is 5. The van der Waals surface area contributed by atoms with Crippen molar-refractivity contribution in [1.29, 1.82) is 0 Å². The molecule has 1 saturated carbocycles. The highest BCUT2D eigenvalue weighted by molar-refractivity contribution is 7.71. The van der Waals surface area contributed by atoms with Crippen LogP contribution in [-0.4, -0.2) is 38.4 Å². The normalized spacial score (nSPS) is 24.9. The van der Waals surface area contributed by atoms with E-state index in [0.717, 1.165) is 24.1 Å². The van der Waals surface area contributed by atoms with Gasteiger partial charge in [0.15, 0.2) is 10.6 Å². The Labute approximate surface area is 149 Å². The first-order valence-electron chi connectivity index (χ1n) is 8.08. The summed E-state index contributed by atoms with van der Waals surface area (Å²) in [6.07, 6.45) is 2.83. The Morgan fingerprint density at radius 1 is 1.71 bits per heavy atom. The fourth-order valence-electron chi connectivity index (χ4n) is 3.32. The molecule has 3 N–H and O–H groups in total. The molecule has 0 aromatic carbocycles. The van der Waals surface area contributed by atoms with Gasteiger partial charge in [0.25, 0.3) is 0 Å². The number of carbonyl (C=O) groups excluding carboxylic acids is 1. The van der Waals surface area contributed by atoms with E-state index in [-0.39, 0.29) is 24.0 Å². The number of H-pyrrole nitrogens is 1. The Morgan fingerprint density at radius 2 is 2.50 bits per heavy atom. The van der Waals surface area contributed by atoms with E-state index in [2.05, 4.69) is 15.5 Å². The largest absolute Gasteiger partial charge is 0.396 e. The predicted octanol–water partition coefficient (Wildman–Crippen LogP) is 2.90. The third-order valence-electron chi connectivity index (χ3n) is 4.97. The molecule has 3 rings (SSSR count). The molecule has 0 spiro atoms. The summed E-state index contributed by atoms with van der Waals surface area (Å²) >= 11 is 6.88. The molecule has 8 heteroatoms. The molecule has 2 aromatic heterocycles. The number of nitrogens with one attached hydrogen (secondary N) is 2. The maximum absolute atomic E-state index is 12.8. The second-order valence-corrected chi connectivity index (χ2v) is 7.98. The molecule has 2 aromatic rings. The number of amides is 1. The molecule has 0 aliphatic heterocycles. The van der Waals surface area contributed by atoms with Crippen LogP contribution in [0.3, 0.4) is 0 Å². The molecule has 3 atom stereocenters. The molecule has 1 aliphatic rings. The van der Waals surface area contributed by atoms with Crippen molar-refractivity contribution in [3.63, 3.8) is 0 Å². The minimum atomic E-state index is -0.475. The fraction of sp³-hybridized carbons (Fsp3) is 0.562. The van der Waals surface area contributed by atoms with E-state index in [9.17, 15) is 9.90 Å². The van der Waals surface area contributed by atoms with Gasteiger partial charge in [0.2, 0.25) is 5.91 Å². The van der Waals surface area contributed by atoms with Gasteiger partial charge in [-0.2, -0.15) is 5.10 Å². The van der Waals surface area contributed by atoms with Crippen molar-refractivity contribution in [2.45, 2.75) is 45.2 Å². The summed E-state index contributed by atoms with van der Waals surface area (Å²) in [4.78, 5) is 13.7. The quantitative estimate of drug-likeness (QED) is 0.711. The molecule has 6 nitrogen and oxygen atoms in total. The average molecular weight is 367 g/mol. The Hall–Kier alpha value is -1.51. The highest BCUT2D eigenvalue weighted by atomic mass is 32.1. The first kappa shape index (κ1) is 17.3. The average Bonchev–Trinajstić information content (AvgIpc) is 3.28. The third kappa shape index (κ3) is 3.05. The lowest BCUT2D eigenvalue weighted by Gasteiger charge is -2.31. The monoisotopic (exact) mass is 366 g/mol. The van der Waals surface area contributed by atoms with Crippen LogP contribution in [0.2, 0.25) is 0 Å². The molecule has 2 heterocycles.